The van der Waals surface area contributed by atoms with Crippen LogP contribution >= 0.6 is 0 Å². The zero-order valence-electron chi connectivity index (χ0n) is 13.0. The average molecular weight is 316 g/mol. The lowest BCUT2D eigenvalue weighted by molar-refractivity contribution is 0.0479. The fraction of sp³-hybridized carbons (Fsp3) is 0.222. The van der Waals surface area contributed by atoms with E-state index in [1.807, 2.05) is 0 Å². The van der Waals surface area contributed by atoms with Crippen molar-refractivity contribution in [1.82, 2.24) is 0 Å². The Morgan fingerprint density at radius 2 is 1.35 bits per heavy atom. The molecular formula is C18H17FO4. The average Bonchev–Trinajstić information content (AvgIpc) is 2.55. The molecule has 2 aromatic rings. The van der Waals surface area contributed by atoms with Gasteiger partial charge in [0.1, 0.15) is 5.82 Å². The molecule has 0 aliphatic rings. The first-order valence-corrected chi connectivity index (χ1v) is 7.31. The van der Waals surface area contributed by atoms with Gasteiger partial charge in [-0.25, -0.2) is 14.0 Å². The van der Waals surface area contributed by atoms with E-state index in [1.165, 1.54) is 18.2 Å². The number of ether oxygens (including phenoxy) is 2. The summed E-state index contributed by atoms with van der Waals surface area (Å²) in [7, 11) is 0. The summed E-state index contributed by atoms with van der Waals surface area (Å²) < 4.78 is 23.0. The largest absolute Gasteiger partial charge is 0.462 e. The Morgan fingerprint density at radius 1 is 0.826 bits per heavy atom. The monoisotopic (exact) mass is 316 g/mol. The summed E-state index contributed by atoms with van der Waals surface area (Å²) in [6.07, 6.45) is 0. The minimum absolute atomic E-state index is 0.132. The van der Waals surface area contributed by atoms with Crippen LogP contribution in [0.1, 0.15) is 34.6 Å². The van der Waals surface area contributed by atoms with Crippen LogP contribution in [0.5, 0.6) is 0 Å². The molecule has 0 aromatic heterocycles. The zero-order chi connectivity index (χ0) is 16.8. The van der Waals surface area contributed by atoms with Gasteiger partial charge in [-0.1, -0.05) is 18.2 Å². The molecule has 120 valence electrons. The summed E-state index contributed by atoms with van der Waals surface area (Å²) in [6.45, 7) is 3.78. The van der Waals surface area contributed by atoms with Gasteiger partial charge in [-0.3, -0.25) is 0 Å². The van der Waals surface area contributed by atoms with Gasteiger partial charge in [0.15, 0.2) is 0 Å². The van der Waals surface area contributed by atoms with E-state index in [0.29, 0.717) is 5.56 Å². The summed E-state index contributed by atoms with van der Waals surface area (Å²) in [4.78, 5) is 24.1. The Bertz CT molecular complexity index is 707. The van der Waals surface area contributed by atoms with Crippen LogP contribution in [0.4, 0.5) is 4.39 Å². The smallest absolute Gasteiger partial charge is 0.339 e. The molecule has 0 saturated heterocycles. The van der Waals surface area contributed by atoms with Crippen LogP contribution in [0.25, 0.3) is 11.1 Å². The number of carbonyl (C=O) groups excluding carboxylic acids is 2. The Labute approximate surface area is 133 Å². The fourth-order valence-electron chi connectivity index (χ4n) is 2.13. The summed E-state index contributed by atoms with van der Waals surface area (Å²) in [5.41, 5.74) is 1.69. The second-order valence-electron chi connectivity index (χ2n) is 4.71. The van der Waals surface area contributed by atoms with Crippen molar-refractivity contribution < 1.29 is 23.5 Å². The lowest BCUT2D eigenvalue weighted by Crippen LogP contribution is -2.14. The Morgan fingerprint density at radius 3 is 1.91 bits per heavy atom. The van der Waals surface area contributed by atoms with Crippen LogP contribution < -0.4 is 0 Å². The fourth-order valence-corrected chi connectivity index (χ4v) is 2.13. The molecule has 0 heterocycles. The maximum atomic E-state index is 13.0. The minimum atomic E-state index is -0.598. The molecule has 0 amide bonds. The summed E-state index contributed by atoms with van der Waals surface area (Å²) in [5, 5.41) is 0. The predicted octanol–water partition coefficient (Wildman–Crippen LogP) is 3.85. The first kappa shape index (κ1) is 16.7. The van der Waals surface area contributed by atoms with Crippen LogP contribution in [0.2, 0.25) is 0 Å². The number of hydrogen-bond donors (Lipinski definition) is 0. The van der Waals surface area contributed by atoms with E-state index >= 15 is 0 Å². The molecule has 0 spiro atoms. The standard InChI is InChI=1S/C18H17FO4/c1-3-22-17(20)15-10-7-13(11-16(15)18(21)23-4-2)12-5-8-14(19)9-6-12/h5-11H,3-4H2,1-2H3. The minimum Gasteiger partial charge on any atom is -0.462 e. The van der Waals surface area contributed by atoms with Crippen LogP contribution in [-0.2, 0) is 9.47 Å². The molecular weight excluding hydrogens is 299 g/mol. The molecule has 0 aliphatic carbocycles. The molecule has 5 heteroatoms. The number of hydrogen-bond acceptors (Lipinski definition) is 4. The molecule has 4 nitrogen and oxygen atoms in total. The van der Waals surface area contributed by atoms with Crippen LogP contribution in [0.3, 0.4) is 0 Å². The maximum Gasteiger partial charge on any atom is 0.339 e. The van der Waals surface area contributed by atoms with Gasteiger partial charge < -0.3 is 9.47 Å². The summed E-state index contributed by atoms with van der Waals surface area (Å²) >= 11 is 0. The molecule has 0 saturated carbocycles. The Balaban J connectivity index is 2.48. The van der Waals surface area contributed by atoms with Gasteiger partial charge in [0.25, 0.3) is 0 Å². The van der Waals surface area contributed by atoms with E-state index in [1.54, 1.807) is 38.1 Å². The Hall–Kier alpha value is -2.69. The molecule has 0 aliphatic heterocycles. The third-order valence-corrected chi connectivity index (χ3v) is 3.19. The van der Waals surface area contributed by atoms with E-state index in [-0.39, 0.29) is 30.2 Å². The molecule has 2 aromatic carbocycles. The summed E-state index contributed by atoms with van der Waals surface area (Å²) in [5.74, 6) is -1.52. The van der Waals surface area contributed by atoms with E-state index in [0.717, 1.165) is 5.56 Å². The maximum absolute atomic E-state index is 13.0. The molecule has 0 atom stereocenters. The number of rotatable bonds is 5. The van der Waals surface area contributed by atoms with Crippen molar-refractivity contribution in [3.05, 3.63) is 59.4 Å². The molecule has 0 radical (unpaired) electrons. The molecule has 0 unspecified atom stereocenters. The highest BCUT2D eigenvalue weighted by molar-refractivity contribution is 6.04. The third kappa shape index (κ3) is 3.94. The molecule has 0 fully saturated rings. The van der Waals surface area contributed by atoms with E-state index in [4.69, 9.17) is 9.47 Å². The van der Waals surface area contributed by atoms with E-state index < -0.39 is 11.9 Å². The predicted molar refractivity (Wildman–Crippen MR) is 83.7 cm³/mol. The quantitative estimate of drug-likeness (QED) is 0.786. The van der Waals surface area contributed by atoms with E-state index in [9.17, 15) is 14.0 Å². The highest BCUT2D eigenvalue weighted by Gasteiger charge is 2.20. The van der Waals surface area contributed by atoms with Crippen LogP contribution in [0.15, 0.2) is 42.5 Å². The van der Waals surface area contributed by atoms with Gasteiger partial charge in [-0.05, 0) is 49.2 Å². The van der Waals surface area contributed by atoms with Gasteiger partial charge >= 0.3 is 11.9 Å². The van der Waals surface area contributed by atoms with Gasteiger partial charge in [-0.2, -0.15) is 0 Å². The second-order valence-corrected chi connectivity index (χ2v) is 4.71. The normalized spacial score (nSPS) is 10.2. The number of halogens is 1. The highest BCUT2D eigenvalue weighted by atomic mass is 19.1. The molecule has 0 bridgehead atoms. The molecule has 2 rings (SSSR count). The number of esters is 2. The van der Waals surface area contributed by atoms with Gasteiger partial charge in [0.05, 0.1) is 24.3 Å². The lowest BCUT2D eigenvalue weighted by atomic mass is 9.99. The third-order valence-electron chi connectivity index (χ3n) is 3.19. The summed E-state index contributed by atoms with van der Waals surface area (Å²) in [6, 6.07) is 10.6. The Kier molecular flexibility index (Phi) is 5.46. The van der Waals surface area contributed by atoms with Gasteiger partial charge in [0, 0.05) is 0 Å². The molecule has 0 N–H and O–H groups in total. The topological polar surface area (TPSA) is 52.6 Å². The first-order chi connectivity index (χ1) is 11.1. The van der Waals surface area contributed by atoms with Crippen molar-refractivity contribution >= 4 is 11.9 Å². The van der Waals surface area contributed by atoms with Crippen molar-refractivity contribution in [2.24, 2.45) is 0 Å². The first-order valence-electron chi connectivity index (χ1n) is 7.31. The number of benzene rings is 2. The van der Waals surface area contributed by atoms with Crippen molar-refractivity contribution in [3.63, 3.8) is 0 Å². The van der Waals surface area contributed by atoms with Crippen molar-refractivity contribution in [3.8, 4) is 11.1 Å². The van der Waals surface area contributed by atoms with Crippen molar-refractivity contribution in [2.45, 2.75) is 13.8 Å². The SMILES string of the molecule is CCOC(=O)c1ccc(-c2ccc(F)cc2)cc1C(=O)OCC. The molecule has 23 heavy (non-hydrogen) atoms. The highest BCUT2D eigenvalue weighted by Crippen LogP contribution is 2.24. The van der Waals surface area contributed by atoms with Crippen LogP contribution in [0, 0.1) is 5.82 Å². The van der Waals surface area contributed by atoms with Crippen molar-refractivity contribution in [1.29, 1.82) is 0 Å². The van der Waals surface area contributed by atoms with E-state index in [2.05, 4.69) is 0 Å². The van der Waals surface area contributed by atoms with Crippen LogP contribution in [-0.4, -0.2) is 25.2 Å². The van der Waals surface area contributed by atoms with Gasteiger partial charge in [-0.15, -0.1) is 0 Å². The lowest BCUT2D eigenvalue weighted by Gasteiger charge is -2.11. The second kappa shape index (κ2) is 7.54. The zero-order valence-corrected chi connectivity index (χ0v) is 13.0. The van der Waals surface area contributed by atoms with Gasteiger partial charge in [0.2, 0.25) is 0 Å². The number of carbonyl (C=O) groups is 2. The van der Waals surface area contributed by atoms with Crippen molar-refractivity contribution in [2.75, 3.05) is 13.2 Å².